The average Bonchev–Trinajstić information content (AvgIpc) is 2.80. The Morgan fingerprint density at radius 3 is 2.70 bits per heavy atom. The lowest BCUT2D eigenvalue weighted by atomic mass is 10.4. The Morgan fingerprint density at radius 2 is 2.10 bits per heavy atom. The molecule has 0 aliphatic heterocycles. The Morgan fingerprint density at radius 1 is 1.35 bits per heavy atom. The van der Waals surface area contributed by atoms with E-state index in [9.17, 15) is 14.4 Å². The standard InChI is InChI=1S/C11H15N5O3S/c1-2-3-16-8(12)7(9(17)15-10(16)18)13-4-6-5-20-11(19)14-6/h5,13H,2-4,12H2,1H3,(H,14,19)(H,15,17,18). The molecule has 9 heteroatoms. The molecule has 2 rings (SSSR count). The molecule has 0 saturated heterocycles. The molecule has 0 bridgehead atoms. The maximum atomic E-state index is 11.8. The molecule has 0 aliphatic rings. The Hall–Kier alpha value is -2.29. The van der Waals surface area contributed by atoms with Crippen molar-refractivity contribution < 1.29 is 0 Å². The third-order valence-corrected chi connectivity index (χ3v) is 3.43. The molecule has 108 valence electrons. The van der Waals surface area contributed by atoms with E-state index in [1.54, 1.807) is 5.38 Å². The lowest BCUT2D eigenvalue weighted by molar-refractivity contribution is 0.642. The van der Waals surface area contributed by atoms with Crippen LogP contribution < -0.4 is 27.2 Å². The van der Waals surface area contributed by atoms with E-state index in [1.165, 1.54) is 4.57 Å². The lowest BCUT2D eigenvalue weighted by Gasteiger charge is -2.12. The van der Waals surface area contributed by atoms with E-state index in [0.29, 0.717) is 18.7 Å². The Balaban J connectivity index is 2.31. The van der Waals surface area contributed by atoms with Gasteiger partial charge < -0.3 is 16.0 Å². The van der Waals surface area contributed by atoms with Crippen LogP contribution in [0.15, 0.2) is 19.8 Å². The van der Waals surface area contributed by atoms with Gasteiger partial charge >= 0.3 is 10.6 Å². The molecule has 0 unspecified atom stereocenters. The minimum Gasteiger partial charge on any atom is -0.383 e. The van der Waals surface area contributed by atoms with Crippen molar-refractivity contribution in [1.29, 1.82) is 0 Å². The fraction of sp³-hybridized carbons (Fsp3) is 0.364. The molecule has 0 atom stereocenters. The maximum Gasteiger partial charge on any atom is 0.330 e. The molecule has 0 aliphatic carbocycles. The molecule has 2 aromatic rings. The zero-order valence-electron chi connectivity index (χ0n) is 10.9. The summed E-state index contributed by atoms with van der Waals surface area (Å²) >= 11 is 1.04. The predicted molar refractivity (Wildman–Crippen MR) is 78.3 cm³/mol. The molecule has 2 heterocycles. The molecule has 2 aromatic heterocycles. The van der Waals surface area contributed by atoms with Crippen LogP contribution in [0.1, 0.15) is 19.0 Å². The van der Waals surface area contributed by atoms with Crippen LogP contribution in [0.25, 0.3) is 0 Å². The summed E-state index contributed by atoms with van der Waals surface area (Å²) in [7, 11) is 0. The number of anilines is 2. The molecular weight excluding hydrogens is 282 g/mol. The largest absolute Gasteiger partial charge is 0.383 e. The third kappa shape index (κ3) is 2.82. The summed E-state index contributed by atoms with van der Waals surface area (Å²) in [6, 6.07) is 0. The second-order valence-corrected chi connectivity index (χ2v) is 5.04. The van der Waals surface area contributed by atoms with Crippen LogP contribution in [-0.2, 0) is 13.1 Å². The summed E-state index contributed by atoms with van der Waals surface area (Å²) in [5.74, 6) is 0.0955. The highest BCUT2D eigenvalue weighted by Crippen LogP contribution is 2.11. The van der Waals surface area contributed by atoms with Crippen molar-refractivity contribution in [3.05, 3.63) is 41.6 Å². The number of thiazole rings is 1. The molecule has 0 aromatic carbocycles. The van der Waals surface area contributed by atoms with Crippen LogP contribution in [-0.4, -0.2) is 14.5 Å². The number of aromatic amines is 2. The van der Waals surface area contributed by atoms with Crippen LogP contribution in [0.2, 0.25) is 0 Å². The Kier molecular flexibility index (Phi) is 4.08. The third-order valence-electron chi connectivity index (χ3n) is 2.71. The van der Waals surface area contributed by atoms with Gasteiger partial charge in [-0.2, -0.15) is 0 Å². The highest BCUT2D eigenvalue weighted by molar-refractivity contribution is 7.07. The van der Waals surface area contributed by atoms with E-state index in [-0.39, 0.29) is 22.9 Å². The first kappa shape index (κ1) is 14.1. The van der Waals surface area contributed by atoms with Crippen LogP contribution in [0.3, 0.4) is 0 Å². The normalized spacial score (nSPS) is 10.7. The van der Waals surface area contributed by atoms with E-state index >= 15 is 0 Å². The fourth-order valence-corrected chi connectivity index (χ4v) is 2.37. The van der Waals surface area contributed by atoms with Crippen molar-refractivity contribution in [3.8, 4) is 0 Å². The first-order valence-corrected chi connectivity index (χ1v) is 6.94. The second-order valence-electron chi connectivity index (χ2n) is 4.20. The van der Waals surface area contributed by atoms with Gasteiger partial charge in [-0.25, -0.2) is 4.79 Å². The van der Waals surface area contributed by atoms with Crippen molar-refractivity contribution in [2.75, 3.05) is 11.1 Å². The number of nitrogens with one attached hydrogen (secondary N) is 3. The van der Waals surface area contributed by atoms with Crippen LogP contribution in [0, 0.1) is 0 Å². The summed E-state index contributed by atoms with van der Waals surface area (Å²) in [6.45, 7) is 2.57. The Bertz CT molecular complexity index is 769. The van der Waals surface area contributed by atoms with Crippen molar-refractivity contribution >= 4 is 22.8 Å². The van der Waals surface area contributed by atoms with Crippen molar-refractivity contribution in [2.45, 2.75) is 26.4 Å². The zero-order valence-corrected chi connectivity index (χ0v) is 11.7. The predicted octanol–water partition coefficient (Wildman–Crippen LogP) is -0.109. The molecule has 0 spiro atoms. The minimum absolute atomic E-state index is 0.0955. The molecule has 0 amide bonds. The first-order chi connectivity index (χ1) is 9.52. The molecular formula is C11H15N5O3S. The summed E-state index contributed by atoms with van der Waals surface area (Å²) < 4.78 is 1.31. The SMILES string of the molecule is CCCn1c(N)c(NCc2csc(=O)[nH]2)c(=O)[nH]c1=O. The molecule has 20 heavy (non-hydrogen) atoms. The van der Waals surface area contributed by atoms with Gasteiger partial charge in [0, 0.05) is 17.6 Å². The summed E-state index contributed by atoms with van der Waals surface area (Å²) in [6.07, 6.45) is 0.716. The number of hydrogen-bond donors (Lipinski definition) is 4. The molecule has 0 radical (unpaired) electrons. The average molecular weight is 297 g/mol. The number of aromatic nitrogens is 3. The highest BCUT2D eigenvalue weighted by Gasteiger charge is 2.11. The zero-order chi connectivity index (χ0) is 14.7. The molecule has 0 saturated carbocycles. The minimum atomic E-state index is -0.572. The van der Waals surface area contributed by atoms with Crippen molar-refractivity contribution in [3.63, 3.8) is 0 Å². The highest BCUT2D eigenvalue weighted by atomic mass is 32.1. The molecule has 0 fully saturated rings. The summed E-state index contributed by atoms with van der Waals surface area (Å²) in [4.78, 5) is 39.1. The van der Waals surface area contributed by atoms with Gasteiger partial charge in [0.15, 0.2) is 0 Å². The maximum absolute atomic E-state index is 11.8. The number of nitrogens with zero attached hydrogens (tertiary/aromatic N) is 1. The Labute approximate surface area is 117 Å². The monoisotopic (exact) mass is 297 g/mol. The first-order valence-electron chi connectivity index (χ1n) is 6.06. The van der Waals surface area contributed by atoms with Crippen LogP contribution in [0.4, 0.5) is 11.5 Å². The topological polar surface area (TPSA) is 126 Å². The van der Waals surface area contributed by atoms with Crippen molar-refractivity contribution in [2.24, 2.45) is 0 Å². The van der Waals surface area contributed by atoms with Gasteiger partial charge in [0.1, 0.15) is 11.5 Å². The van der Waals surface area contributed by atoms with Gasteiger partial charge in [0.05, 0.1) is 6.54 Å². The van der Waals surface area contributed by atoms with Crippen LogP contribution in [0.5, 0.6) is 0 Å². The fourth-order valence-electron chi connectivity index (χ4n) is 1.79. The smallest absolute Gasteiger partial charge is 0.330 e. The van der Waals surface area contributed by atoms with E-state index in [2.05, 4.69) is 15.3 Å². The number of rotatable bonds is 5. The molecule has 8 nitrogen and oxygen atoms in total. The quantitative estimate of drug-likeness (QED) is 0.612. The van der Waals surface area contributed by atoms with Gasteiger partial charge in [-0.1, -0.05) is 18.3 Å². The number of H-pyrrole nitrogens is 2. The number of hydrogen-bond acceptors (Lipinski definition) is 6. The summed E-state index contributed by atoms with van der Waals surface area (Å²) in [5, 5.41) is 4.50. The van der Waals surface area contributed by atoms with Gasteiger partial charge in [0.25, 0.3) is 5.56 Å². The van der Waals surface area contributed by atoms with Gasteiger partial charge in [-0.15, -0.1) is 0 Å². The van der Waals surface area contributed by atoms with E-state index in [1.807, 2.05) is 6.92 Å². The van der Waals surface area contributed by atoms with Crippen molar-refractivity contribution in [1.82, 2.24) is 14.5 Å². The number of nitrogen functional groups attached to an aromatic ring is 1. The molecule has 5 N–H and O–H groups in total. The van der Waals surface area contributed by atoms with Gasteiger partial charge in [-0.05, 0) is 6.42 Å². The number of nitrogens with two attached hydrogens (primary N) is 1. The van der Waals surface area contributed by atoms with E-state index in [0.717, 1.165) is 11.3 Å². The van der Waals surface area contributed by atoms with E-state index < -0.39 is 11.2 Å². The second kappa shape index (κ2) is 5.78. The van der Waals surface area contributed by atoms with Gasteiger partial charge in [-0.3, -0.25) is 19.1 Å². The van der Waals surface area contributed by atoms with E-state index in [4.69, 9.17) is 5.73 Å². The van der Waals surface area contributed by atoms with Crippen LogP contribution >= 0.6 is 11.3 Å². The summed E-state index contributed by atoms with van der Waals surface area (Å²) in [5.41, 5.74) is 5.53. The van der Waals surface area contributed by atoms with Gasteiger partial charge in [0.2, 0.25) is 0 Å². The lowest BCUT2D eigenvalue weighted by Crippen LogP contribution is -2.34.